The molecule has 0 aliphatic heterocycles. The summed E-state index contributed by atoms with van der Waals surface area (Å²) in [6, 6.07) is 6.68. The molecule has 0 bridgehead atoms. The molecule has 0 aromatic heterocycles. The van der Waals surface area contributed by atoms with E-state index in [9.17, 15) is 10.1 Å². The van der Waals surface area contributed by atoms with Crippen molar-refractivity contribution in [2.45, 2.75) is 32.6 Å². The van der Waals surface area contributed by atoms with Crippen LogP contribution in [-0.4, -0.2) is 4.92 Å². The number of nitro benzene ring substituents is 1. The minimum atomic E-state index is -0.591. The lowest BCUT2D eigenvalue weighted by Crippen LogP contribution is -2.15. The Morgan fingerprint density at radius 2 is 1.94 bits per heavy atom. The monoisotopic (exact) mass is 243 g/mol. The molecule has 0 N–H and O–H groups in total. The number of benzene rings is 1. The Balaban J connectivity index is 3.59. The molecular weight excluding hydrogens is 230 g/mol. The highest BCUT2D eigenvalue weighted by Crippen LogP contribution is 2.31. The van der Waals surface area contributed by atoms with Gasteiger partial charge in [0.25, 0.3) is 5.69 Å². The first-order valence-electron chi connectivity index (χ1n) is 5.40. The SMILES string of the molecule is CC(C)(C)c1cc(C#N)c([N+](=O)[O-])cc1CC#N. The molecular formula is C13H13N3O2. The lowest BCUT2D eigenvalue weighted by molar-refractivity contribution is -0.385. The van der Waals surface area contributed by atoms with Crippen LogP contribution in [0.2, 0.25) is 0 Å². The first-order valence-corrected chi connectivity index (χ1v) is 5.40. The van der Waals surface area contributed by atoms with Gasteiger partial charge in [0.05, 0.1) is 17.4 Å². The second kappa shape index (κ2) is 4.85. The second-order valence-electron chi connectivity index (χ2n) is 4.98. The van der Waals surface area contributed by atoms with Gasteiger partial charge in [0, 0.05) is 6.07 Å². The van der Waals surface area contributed by atoms with Gasteiger partial charge in [-0.15, -0.1) is 0 Å². The molecule has 0 amide bonds. The summed E-state index contributed by atoms with van der Waals surface area (Å²) in [5.41, 5.74) is 0.927. The first kappa shape index (κ1) is 13.7. The zero-order valence-corrected chi connectivity index (χ0v) is 10.5. The van der Waals surface area contributed by atoms with Gasteiger partial charge in [-0.25, -0.2) is 0 Å². The molecule has 0 spiro atoms. The van der Waals surface area contributed by atoms with E-state index >= 15 is 0 Å². The summed E-state index contributed by atoms with van der Waals surface area (Å²) in [6.45, 7) is 5.82. The van der Waals surface area contributed by atoms with Crippen LogP contribution < -0.4 is 0 Å². The first-order chi connectivity index (χ1) is 8.31. The summed E-state index contributed by atoms with van der Waals surface area (Å²) >= 11 is 0. The Morgan fingerprint density at radius 3 is 2.33 bits per heavy atom. The molecule has 5 nitrogen and oxygen atoms in total. The number of hydrogen-bond acceptors (Lipinski definition) is 4. The molecule has 0 aliphatic carbocycles. The van der Waals surface area contributed by atoms with Gasteiger partial charge in [0.1, 0.15) is 11.6 Å². The Labute approximate surface area is 105 Å². The van der Waals surface area contributed by atoms with Crippen molar-refractivity contribution in [1.82, 2.24) is 0 Å². The standard InChI is InChI=1S/C13H13N3O2/c1-13(2,3)11-6-10(8-15)12(16(17)18)7-9(11)4-5-14/h6-7H,4H2,1-3H3. The predicted molar refractivity (Wildman–Crippen MR) is 65.8 cm³/mol. The summed E-state index contributed by atoms with van der Waals surface area (Å²) in [5, 5.41) is 28.6. The van der Waals surface area contributed by atoms with E-state index in [1.54, 1.807) is 0 Å². The summed E-state index contributed by atoms with van der Waals surface area (Å²) in [6.07, 6.45) is 0.0964. The molecule has 92 valence electrons. The number of rotatable bonds is 2. The van der Waals surface area contributed by atoms with E-state index in [0.717, 1.165) is 5.56 Å². The number of nitro groups is 1. The fourth-order valence-corrected chi connectivity index (χ4v) is 1.80. The fourth-order valence-electron chi connectivity index (χ4n) is 1.80. The van der Waals surface area contributed by atoms with Crippen LogP contribution in [0.15, 0.2) is 12.1 Å². The highest BCUT2D eigenvalue weighted by Gasteiger charge is 2.24. The normalized spacial score (nSPS) is 10.5. The van der Waals surface area contributed by atoms with Crippen LogP contribution in [0.5, 0.6) is 0 Å². The van der Waals surface area contributed by atoms with Crippen molar-refractivity contribution in [3.63, 3.8) is 0 Å². The molecule has 0 saturated heterocycles. The Bertz CT molecular complexity index is 572. The van der Waals surface area contributed by atoms with Gasteiger partial charge >= 0.3 is 0 Å². The maximum Gasteiger partial charge on any atom is 0.287 e. The van der Waals surface area contributed by atoms with Crippen LogP contribution in [0.4, 0.5) is 5.69 Å². The second-order valence-corrected chi connectivity index (χ2v) is 4.98. The third-order valence-electron chi connectivity index (χ3n) is 2.62. The van der Waals surface area contributed by atoms with Crippen molar-refractivity contribution in [1.29, 1.82) is 10.5 Å². The quantitative estimate of drug-likeness (QED) is 0.589. The lowest BCUT2D eigenvalue weighted by atomic mass is 9.82. The van der Waals surface area contributed by atoms with E-state index in [-0.39, 0.29) is 23.1 Å². The minimum Gasteiger partial charge on any atom is -0.258 e. The van der Waals surface area contributed by atoms with Crippen LogP contribution in [0, 0.1) is 32.8 Å². The maximum absolute atomic E-state index is 10.9. The lowest BCUT2D eigenvalue weighted by Gasteiger charge is -2.22. The van der Waals surface area contributed by atoms with Gasteiger partial charge in [-0.05, 0) is 22.6 Å². The summed E-state index contributed by atoms with van der Waals surface area (Å²) in [5.74, 6) is 0. The number of hydrogen-bond donors (Lipinski definition) is 0. The van der Waals surface area contributed by atoms with Gasteiger partial charge in [0.15, 0.2) is 0 Å². The molecule has 0 heterocycles. The predicted octanol–water partition coefficient (Wildman–Crippen LogP) is 2.83. The number of nitrogens with zero attached hydrogens (tertiary/aromatic N) is 3. The fraction of sp³-hybridized carbons (Fsp3) is 0.385. The van der Waals surface area contributed by atoms with E-state index in [2.05, 4.69) is 0 Å². The highest BCUT2D eigenvalue weighted by molar-refractivity contribution is 5.55. The molecule has 1 aromatic rings. The Hall–Kier alpha value is -2.40. The molecule has 5 heteroatoms. The average molecular weight is 243 g/mol. The average Bonchev–Trinajstić information content (AvgIpc) is 2.27. The molecule has 18 heavy (non-hydrogen) atoms. The van der Waals surface area contributed by atoms with Crippen LogP contribution in [0.3, 0.4) is 0 Å². The molecule has 0 radical (unpaired) electrons. The molecule has 0 aliphatic rings. The largest absolute Gasteiger partial charge is 0.287 e. The van der Waals surface area contributed by atoms with Crippen molar-refractivity contribution in [3.05, 3.63) is 38.9 Å². The van der Waals surface area contributed by atoms with Crippen molar-refractivity contribution in [2.24, 2.45) is 0 Å². The van der Waals surface area contributed by atoms with E-state index in [0.29, 0.717) is 5.56 Å². The van der Waals surface area contributed by atoms with Crippen molar-refractivity contribution in [3.8, 4) is 12.1 Å². The van der Waals surface area contributed by atoms with Crippen molar-refractivity contribution >= 4 is 5.69 Å². The van der Waals surface area contributed by atoms with E-state index in [4.69, 9.17) is 10.5 Å². The van der Waals surface area contributed by atoms with E-state index in [1.807, 2.05) is 32.9 Å². The zero-order valence-electron chi connectivity index (χ0n) is 10.5. The molecule has 0 saturated carbocycles. The van der Waals surface area contributed by atoms with Gasteiger partial charge in [-0.3, -0.25) is 10.1 Å². The van der Waals surface area contributed by atoms with Gasteiger partial charge in [-0.2, -0.15) is 10.5 Å². The van der Waals surface area contributed by atoms with Gasteiger partial charge in [-0.1, -0.05) is 20.8 Å². The molecule has 0 fully saturated rings. The van der Waals surface area contributed by atoms with Crippen molar-refractivity contribution < 1.29 is 4.92 Å². The molecule has 1 aromatic carbocycles. The van der Waals surface area contributed by atoms with Crippen LogP contribution in [0.25, 0.3) is 0 Å². The minimum absolute atomic E-state index is 0.0339. The molecule has 0 atom stereocenters. The third kappa shape index (κ3) is 2.64. The topological polar surface area (TPSA) is 90.7 Å². The van der Waals surface area contributed by atoms with E-state index < -0.39 is 4.92 Å². The van der Waals surface area contributed by atoms with E-state index in [1.165, 1.54) is 12.1 Å². The molecule has 0 unspecified atom stereocenters. The van der Waals surface area contributed by atoms with Gasteiger partial charge in [0.2, 0.25) is 0 Å². The summed E-state index contributed by atoms with van der Waals surface area (Å²) in [7, 11) is 0. The zero-order chi connectivity index (χ0) is 13.9. The maximum atomic E-state index is 10.9. The summed E-state index contributed by atoms with van der Waals surface area (Å²) < 4.78 is 0. The van der Waals surface area contributed by atoms with Crippen molar-refractivity contribution in [2.75, 3.05) is 0 Å². The van der Waals surface area contributed by atoms with Crippen LogP contribution >= 0.6 is 0 Å². The third-order valence-corrected chi connectivity index (χ3v) is 2.62. The van der Waals surface area contributed by atoms with Gasteiger partial charge < -0.3 is 0 Å². The number of nitriles is 2. The Kier molecular flexibility index (Phi) is 3.68. The van der Waals surface area contributed by atoms with Crippen LogP contribution in [-0.2, 0) is 11.8 Å². The smallest absolute Gasteiger partial charge is 0.258 e. The highest BCUT2D eigenvalue weighted by atomic mass is 16.6. The van der Waals surface area contributed by atoms with Crippen LogP contribution in [0.1, 0.15) is 37.5 Å². The Morgan fingerprint density at radius 1 is 1.33 bits per heavy atom. The summed E-state index contributed by atoms with van der Waals surface area (Å²) in [4.78, 5) is 10.3. The molecule has 1 rings (SSSR count).